The molecular weight excluding hydrogens is 138 g/mol. The Hall–Kier alpha value is -1.30. The lowest BCUT2D eigenvalue weighted by Crippen LogP contribution is -1.94. The Morgan fingerprint density at radius 1 is 1.73 bits per heavy atom. The van der Waals surface area contributed by atoms with Crippen LogP contribution in [0.25, 0.3) is 0 Å². The van der Waals surface area contributed by atoms with E-state index in [1.807, 2.05) is 12.4 Å². The molecule has 1 aromatic rings. The predicted molar refractivity (Wildman–Crippen MR) is 39.8 cm³/mol. The number of nitrogens with zero attached hydrogens (tertiary/aromatic N) is 3. The molecule has 0 bridgehead atoms. The second-order valence-corrected chi connectivity index (χ2v) is 2.90. The van der Waals surface area contributed by atoms with Gasteiger partial charge in [0.2, 0.25) is 0 Å². The van der Waals surface area contributed by atoms with Crippen molar-refractivity contribution < 1.29 is 0 Å². The summed E-state index contributed by atoms with van der Waals surface area (Å²) in [4.78, 5) is 0. The smallest absolute Gasteiger partial charge is 0.128 e. The minimum absolute atomic E-state index is 0.368. The number of rotatable bonds is 2. The van der Waals surface area contributed by atoms with Crippen molar-refractivity contribution in [3.05, 3.63) is 18.0 Å². The Morgan fingerprint density at radius 2 is 2.55 bits per heavy atom. The fourth-order valence-electron chi connectivity index (χ4n) is 1.17. The van der Waals surface area contributed by atoms with Crippen molar-refractivity contribution in [1.82, 2.24) is 9.78 Å². The summed E-state index contributed by atoms with van der Waals surface area (Å²) in [6.45, 7) is 0.368. The Balaban J connectivity index is 2.13. The zero-order valence-electron chi connectivity index (χ0n) is 6.20. The molecule has 1 heterocycles. The highest BCUT2D eigenvalue weighted by atomic mass is 15.3. The average Bonchev–Trinajstić information content (AvgIpc) is 2.75. The van der Waals surface area contributed by atoms with E-state index < -0.39 is 0 Å². The third-order valence-corrected chi connectivity index (χ3v) is 1.93. The highest BCUT2D eigenvalue weighted by Gasteiger charge is 2.24. The summed E-state index contributed by atoms with van der Waals surface area (Å²) in [5, 5.41) is 12.4. The van der Waals surface area contributed by atoms with E-state index in [4.69, 9.17) is 5.26 Å². The van der Waals surface area contributed by atoms with Crippen LogP contribution in [0.4, 0.5) is 0 Å². The Labute approximate surface area is 65.3 Å². The quantitative estimate of drug-likeness (QED) is 0.632. The fraction of sp³-hybridized carbons (Fsp3) is 0.500. The lowest BCUT2D eigenvalue weighted by Gasteiger charge is -1.88. The zero-order chi connectivity index (χ0) is 7.68. The molecule has 0 aromatic carbocycles. The van der Waals surface area contributed by atoms with Crippen LogP contribution >= 0.6 is 0 Å². The molecule has 1 aliphatic rings. The summed E-state index contributed by atoms with van der Waals surface area (Å²) < 4.78 is 1.69. The normalized spacial score (nSPS) is 16.3. The summed E-state index contributed by atoms with van der Waals surface area (Å²) in [6.07, 6.45) is 6.42. The van der Waals surface area contributed by atoms with Gasteiger partial charge in [-0.15, -0.1) is 0 Å². The van der Waals surface area contributed by atoms with E-state index in [0.29, 0.717) is 6.54 Å². The molecule has 0 N–H and O–H groups in total. The van der Waals surface area contributed by atoms with Gasteiger partial charge in [0.15, 0.2) is 0 Å². The van der Waals surface area contributed by atoms with E-state index in [9.17, 15) is 0 Å². The SMILES string of the molecule is N#CCn1cc(C2CC2)cn1. The van der Waals surface area contributed by atoms with Gasteiger partial charge in [-0.05, 0) is 24.3 Å². The molecule has 0 radical (unpaired) electrons. The maximum absolute atomic E-state index is 8.37. The van der Waals surface area contributed by atoms with Crippen molar-refractivity contribution in [2.24, 2.45) is 0 Å². The van der Waals surface area contributed by atoms with E-state index in [0.717, 1.165) is 5.92 Å². The first-order valence-electron chi connectivity index (χ1n) is 3.79. The molecule has 3 nitrogen and oxygen atoms in total. The van der Waals surface area contributed by atoms with Gasteiger partial charge < -0.3 is 0 Å². The van der Waals surface area contributed by atoms with Gasteiger partial charge in [-0.2, -0.15) is 10.4 Å². The monoisotopic (exact) mass is 147 g/mol. The van der Waals surface area contributed by atoms with Gasteiger partial charge in [0, 0.05) is 6.20 Å². The highest BCUT2D eigenvalue weighted by Crippen LogP contribution is 2.39. The van der Waals surface area contributed by atoms with Crippen LogP contribution in [0.2, 0.25) is 0 Å². The second-order valence-electron chi connectivity index (χ2n) is 2.90. The first kappa shape index (κ1) is 6.41. The molecule has 1 saturated carbocycles. The summed E-state index contributed by atoms with van der Waals surface area (Å²) in [7, 11) is 0. The third kappa shape index (κ3) is 1.25. The summed E-state index contributed by atoms with van der Waals surface area (Å²) in [5.41, 5.74) is 1.29. The minimum Gasteiger partial charge on any atom is -0.258 e. The molecule has 1 aromatic heterocycles. The van der Waals surface area contributed by atoms with E-state index in [1.54, 1.807) is 4.68 Å². The molecular formula is C8H9N3. The van der Waals surface area contributed by atoms with Gasteiger partial charge in [-0.3, -0.25) is 4.68 Å². The van der Waals surface area contributed by atoms with Crippen molar-refractivity contribution in [3.63, 3.8) is 0 Å². The Bertz CT molecular complexity index is 291. The van der Waals surface area contributed by atoms with E-state index in [1.165, 1.54) is 18.4 Å². The first-order valence-corrected chi connectivity index (χ1v) is 3.79. The molecule has 1 fully saturated rings. The van der Waals surface area contributed by atoms with E-state index >= 15 is 0 Å². The molecule has 2 rings (SSSR count). The maximum Gasteiger partial charge on any atom is 0.128 e. The predicted octanol–water partition coefficient (Wildman–Crippen LogP) is 1.28. The van der Waals surface area contributed by atoms with Crippen LogP contribution in [0.15, 0.2) is 12.4 Å². The summed E-state index contributed by atoms with van der Waals surface area (Å²) in [6, 6.07) is 2.06. The van der Waals surface area contributed by atoms with Gasteiger partial charge in [0.1, 0.15) is 6.54 Å². The topological polar surface area (TPSA) is 41.6 Å². The average molecular weight is 147 g/mol. The number of nitriles is 1. The second kappa shape index (κ2) is 2.39. The molecule has 0 unspecified atom stereocenters. The van der Waals surface area contributed by atoms with Crippen LogP contribution in [0, 0.1) is 11.3 Å². The molecule has 11 heavy (non-hydrogen) atoms. The minimum atomic E-state index is 0.368. The van der Waals surface area contributed by atoms with Crippen molar-refractivity contribution in [2.75, 3.05) is 0 Å². The van der Waals surface area contributed by atoms with Gasteiger partial charge in [-0.1, -0.05) is 0 Å². The largest absolute Gasteiger partial charge is 0.258 e. The molecule has 3 heteroatoms. The van der Waals surface area contributed by atoms with Crippen molar-refractivity contribution >= 4 is 0 Å². The van der Waals surface area contributed by atoms with Crippen LogP contribution in [0.1, 0.15) is 24.3 Å². The molecule has 0 aliphatic heterocycles. The maximum atomic E-state index is 8.37. The zero-order valence-corrected chi connectivity index (χ0v) is 6.20. The first-order chi connectivity index (χ1) is 5.40. The van der Waals surface area contributed by atoms with Gasteiger partial charge in [-0.25, -0.2) is 0 Å². The Kier molecular flexibility index (Phi) is 1.39. The van der Waals surface area contributed by atoms with E-state index in [2.05, 4.69) is 11.2 Å². The summed E-state index contributed by atoms with van der Waals surface area (Å²) >= 11 is 0. The van der Waals surface area contributed by atoms with Crippen LogP contribution in [-0.4, -0.2) is 9.78 Å². The lowest BCUT2D eigenvalue weighted by atomic mass is 10.2. The van der Waals surface area contributed by atoms with Crippen molar-refractivity contribution in [2.45, 2.75) is 25.3 Å². The van der Waals surface area contributed by atoms with Gasteiger partial charge in [0.25, 0.3) is 0 Å². The molecule has 0 amide bonds. The van der Waals surface area contributed by atoms with Crippen molar-refractivity contribution in [3.8, 4) is 6.07 Å². The number of hydrogen-bond donors (Lipinski definition) is 0. The number of hydrogen-bond acceptors (Lipinski definition) is 2. The lowest BCUT2D eigenvalue weighted by molar-refractivity contribution is 0.709. The third-order valence-electron chi connectivity index (χ3n) is 1.93. The van der Waals surface area contributed by atoms with Crippen LogP contribution in [-0.2, 0) is 6.54 Å². The van der Waals surface area contributed by atoms with E-state index in [-0.39, 0.29) is 0 Å². The molecule has 0 saturated heterocycles. The van der Waals surface area contributed by atoms with Gasteiger partial charge in [0.05, 0.1) is 12.3 Å². The molecule has 0 spiro atoms. The van der Waals surface area contributed by atoms with Gasteiger partial charge >= 0.3 is 0 Å². The standard InChI is InChI=1S/C8H9N3/c9-3-4-11-6-8(5-10-11)7-1-2-7/h5-7H,1-2,4H2. The van der Waals surface area contributed by atoms with Crippen LogP contribution < -0.4 is 0 Å². The Morgan fingerprint density at radius 3 is 3.18 bits per heavy atom. The fourth-order valence-corrected chi connectivity index (χ4v) is 1.17. The van der Waals surface area contributed by atoms with Crippen molar-refractivity contribution in [1.29, 1.82) is 5.26 Å². The molecule has 56 valence electrons. The van der Waals surface area contributed by atoms with Crippen LogP contribution in [0.5, 0.6) is 0 Å². The molecule has 0 atom stereocenters. The highest BCUT2D eigenvalue weighted by molar-refractivity contribution is 5.16. The molecule has 1 aliphatic carbocycles. The number of aromatic nitrogens is 2. The van der Waals surface area contributed by atoms with Crippen LogP contribution in [0.3, 0.4) is 0 Å². The summed E-state index contributed by atoms with van der Waals surface area (Å²) in [5.74, 6) is 0.738.